The predicted molar refractivity (Wildman–Crippen MR) is 120 cm³/mol. The molecule has 32 heavy (non-hydrogen) atoms. The number of hydrogen-bond donors (Lipinski definition) is 2. The van der Waals surface area contributed by atoms with E-state index in [4.69, 9.17) is 4.74 Å². The zero-order valence-corrected chi connectivity index (χ0v) is 17.8. The lowest BCUT2D eigenvalue weighted by Crippen LogP contribution is -2.49. The van der Waals surface area contributed by atoms with E-state index in [2.05, 4.69) is 39.7 Å². The second-order valence-corrected chi connectivity index (χ2v) is 8.15. The van der Waals surface area contributed by atoms with Gasteiger partial charge in [-0.2, -0.15) is 5.10 Å². The topological polar surface area (TPSA) is 94.2 Å². The number of aryl methyl sites for hydroxylation is 1. The summed E-state index contributed by atoms with van der Waals surface area (Å²) in [6.45, 7) is 1.42. The lowest BCUT2D eigenvalue weighted by molar-refractivity contribution is -0.0139. The highest BCUT2D eigenvalue weighted by Gasteiger charge is 2.27. The molecule has 1 aliphatic heterocycles. The molecule has 0 radical (unpaired) electrons. The molecular weight excluding hydrogens is 406 g/mol. The molecule has 8 heteroatoms. The summed E-state index contributed by atoms with van der Waals surface area (Å²) in [6.07, 6.45) is 7.26. The van der Waals surface area contributed by atoms with Crippen molar-refractivity contribution < 1.29 is 14.6 Å². The molecule has 2 atom stereocenters. The molecule has 0 unspecified atom stereocenters. The average molecular weight is 431 g/mol. The van der Waals surface area contributed by atoms with E-state index in [1.165, 1.54) is 0 Å². The first-order valence-electron chi connectivity index (χ1n) is 10.7. The quantitative estimate of drug-likeness (QED) is 0.506. The number of ether oxygens (including phenoxy) is 1. The number of nitrogens with one attached hydrogen (secondary N) is 1. The van der Waals surface area contributed by atoms with Crippen LogP contribution in [0.3, 0.4) is 0 Å². The van der Waals surface area contributed by atoms with E-state index in [0.29, 0.717) is 37.3 Å². The molecule has 1 fully saturated rings. The molecule has 1 saturated heterocycles. The van der Waals surface area contributed by atoms with Gasteiger partial charge in [-0.25, -0.2) is 0 Å². The minimum Gasteiger partial charge on any atom is -0.391 e. The van der Waals surface area contributed by atoms with Gasteiger partial charge in [0.15, 0.2) is 0 Å². The summed E-state index contributed by atoms with van der Waals surface area (Å²) in [5.41, 5.74) is 5.31. The van der Waals surface area contributed by atoms with Crippen molar-refractivity contribution in [2.75, 3.05) is 13.2 Å². The second-order valence-electron chi connectivity index (χ2n) is 8.15. The van der Waals surface area contributed by atoms with Gasteiger partial charge in [0.25, 0.3) is 5.91 Å². The highest BCUT2D eigenvalue weighted by molar-refractivity contribution is 6.05. The van der Waals surface area contributed by atoms with Crippen molar-refractivity contribution in [3.05, 3.63) is 72.3 Å². The van der Waals surface area contributed by atoms with Gasteiger partial charge in [0.1, 0.15) is 5.52 Å². The van der Waals surface area contributed by atoms with Crippen LogP contribution < -0.4 is 5.32 Å². The Morgan fingerprint density at radius 3 is 2.81 bits per heavy atom. The molecule has 4 heterocycles. The number of amides is 1. The van der Waals surface area contributed by atoms with Crippen LogP contribution >= 0.6 is 0 Å². The van der Waals surface area contributed by atoms with E-state index < -0.39 is 12.1 Å². The summed E-state index contributed by atoms with van der Waals surface area (Å²) in [5.74, 6) is -0.256. The van der Waals surface area contributed by atoms with Crippen LogP contribution in [0, 0.1) is 0 Å². The maximum absolute atomic E-state index is 13.0. The van der Waals surface area contributed by atoms with Crippen molar-refractivity contribution in [2.45, 2.75) is 25.1 Å². The van der Waals surface area contributed by atoms with E-state index in [-0.39, 0.29) is 5.91 Å². The number of hydrogen-bond acceptors (Lipinski definition) is 5. The van der Waals surface area contributed by atoms with Gasteiger partial charge in [0.2, 0.25) is 0 Å². The highest BCUT2D eigenvalue weighted by atomic mass is 16.5. The molecular formula is C24H25N5O3. The monoisotopic (exact) mass is 431 g/mol. The van der Waals surface area contributed by atoms with Crippen LogP contribution in [0.4, 0.5) is 0 Å². The van der Waals surface area contributed by atoms with E-state index in [1.807, 2.05) is 42.3 Å². The lowest BCUT2D eigenvalue weighted by atomic mass is 10.1. The van der Waals surface area contributed by atoms with E-state index in [0.717, 1.165) is 22.2 Å². The number of pyridine rings is 1. The van der Waals surface area contributed by atoms with Crippen LogP contribution in [0.15, 0.2) is 61.2 Å². The number of carbonyl (C=O) groups excluding carboxylic acids is 1. The molecule has 3 aromatic heterocycles. The molecule has 0 spiro atoms. The number of carbonyl (C=O) groups is 1. The van der Waals surface area contributed by atoms with Gasteiger partial charge >= 0.3 is 0 Å². The maximum Gasteiger partial charge on any atom is 0.255 e. The Balaban J connectivity index is 1.39. The number of aliphatic hydroxyl groups is 1. The maximum atomic E-state index is 13.0. The summed E-state index contributed by atoms with van der Waals surface area (Å²) in [4.78, 5) is 17.5. The third-order valence-electron chi connectivity index (χ3n) is 5.86. The van der Waals surface area contributed by atoms with Crippen LogP contribution in [0.1, 0.15) is 22.3 Å². The molecule has 2 N–H and O–H groups in total. The number of fused-ring (bicyclic) bond motifs is 1. The Labute approximate surface area is 185 Å². The first-order chi connectivity index (χ1) is 15.6. The molecule has 1 aromatic carbocycles. The fraction of sp³-hybridized carbons (Fsp3) is 0.292. The van der Waals surface area contributed by atoms with Gasteiger partial charge in [-0.15, -0.1) is 0 Å². The molecule has 0 saturated carbocycles. The van der Waals surface area contributed by atoms with Crippen LogP contribution in [-0.4, -0.2) is 55.7 Å². The van der Waals surface area contributed by atoms with Crippen LogP contribution in [0.5, 0.6) is 0 Å². The van der Waals surface area contributed by atoms with Gasteiger partial charge in [0, 0.05) is 44.4 Å². The van der Waals surface area contributed by atoms with Crippen molar-refractivity contribution in [3.63, 3.8) is 0 Å². The number of benzene rings is 1. The largest absolute Gasteiger partial charge is 0.391 e. The summed E-state index contributed by atoms with van der Waals surface area (Å²) in [6, 6.07) is 11.7. The zero-order chi connectivity index (χ0) is 22.1. The predicted octanol–water partition coefficient (Wildman–Crippen LogP) is 2.36. The van der Waals surface area contributed by atoms with Gasteiger partial charge in [0.05, 0.1) is 36.0 Å². The van der Waals surface area contributed by atoms with Crippen LogP contribution in [-0.2, 0) is 18.3 Å². The molecule has 164 valence electrons. The number of nitrogens with zero attached hydrogens (tertiary/aromatic N) is 4. The molecule has 5 rings (SSSR count). The Morgan fingerprint density at radius 1 is 1.22 bits per heavy atom. The van der Waals surface area contributed by atoms with Gasteiger partial charge < -0.3 is 19.7 Å². The van der Waals surface area contributed by atoms with Crippen molar-refractivity contribution in [3.8, 4) is 11.1 Å². The second kappa shape index (κ2) is 8.57. The molecule has 1 aliphatic rings. The Morgan fingerprint density at radius 2 is 2.06 bits per heavy atom. The fourth-order valence-corrected chi connectivity index (χ4v) is 4.10. The summed E-state index contributed by atoms with van der Waals surface area (Å²) in [5, 5.41) is 17.3. The highest BCUT2D eigenvalue weighted by Crippen LogP contribution is 2.23. The van der Waals surface area contributed by atoms with Crippen molar-refractivity contribution in [1.29, 1.82) is 0 Å². The summed E-state index contributed by atoms with van der Waals surface area (Å²) < 4.78 is 9.22. The van der Waals surface area contributed by atoms with Crippen molar-refractivity contribution in [2.24, 2.45) is 7.05 Å². The van der Waals surface area contributed by atoms with E-state index in [1.54, 1.807) is 10.9 Å². The van der Waals surface area contributed by atoms with Gasteiger partial charge in [-0.3, -0.25) is 14.5 Å². The first-order valence-corrected chi connectivity index (χ1v) is 10.7. The van der Waals surface area contributed by atoms with Crippen LogP contribution in [0.2, 0.25) is 0 Å². The smallest absolute Gasteiger partial charge is 0.255 e. The van der Waals surface area contributed by atoms with Crippen molar-refractivity contribution in [1.82, 2.24) is 24.6 Å². The SMILES string of the molecule is Cn1cc(-c2ccc(Cn3cc(C(=O)N[C@H]4COCC[C@@H]4O)c4ncccc43)cc2)cn1. The zero-order valence-electron chi connectivity index (χ0n) is 17.8. The van der Waals surface area contributed by atoms with E-state index in [9.17, 15) is 9.90 Å². The fourth-order valence-electron chi connectivity index (χ4n) is 4.10. The number of rotatable bonds is 5. The molecule has 1 amide bonds. The number of aromatic nitrogens is 4. The Bertz CT molecular complexity index is 1240. The molecule has 8 nitrogen and oxygen atoms in total. The Kier molecular flexibility index (Phi) is 5.46. The summed E-state index contributed by atoms with van der Waals surface area (Å²) in [7, 11) is 1.90. The number of aliphatic hydroxyl groups excluding tert-OH is 1. The average Bonchev–Trinajstić information content (AvgIpc) is 3.40. The van der Waals surface area contributed by atoms with E-state index >= 15 is 0 Å². The first kappa shape index (κ1) is 20.4. The molecule has 4 aromatic rings. The molecule has 0 aliphatic carbocycles. The Hall–Kier alpha value is -3.49. The summed E-state index contributed by atoms with van der Waals surface area (Å²) >= 11 is 0. The van der Waals surface area contributed by atoms with Crippen molar-refractivity contribution >= 4 is 16.9 Å². The molecule has 0 bridgehead atoms. The standard InChI is InChI=1S/C24H25N5O3/c1-28-13-18(11-26-28)17-6-4-16(5-7-17)12-29-14-19(23-21(29)3-2-9-25-23)24(31)27-20-15-32-10-8-22(20)30/h2-7,9,11,13-14,20,22,30H,8,10,12,15H2,1H3,(H,27,31)/t20-,22-/m0/s1. The lowest BCUT2D eigenvalue weighted by Gasteiger charge is -2.28. The normalized spacial score (nSPS) is 18.7. The minimum absolute atomic E-state index is 0.256. The van der Waals surface area contributed by atoms with Crippen LogP contribution in [0.25, 0.3) is 22.2 Å². The third-order valence-corrected chi connectivity index (χ3v) is 5.86. The minimum atomic E-state index is -0.604. The third kappa shape index (κ3) is 4.02. The van der Waals surface area contributed by atoms with Gasteiger partial charge in [-0.1, -0.05) is 24.3 Å². The van der Waals surface area contributed by atoms with Gasteiger partial charge in [-0.05, 0) is 29.7 Å².